The second-order valence-corrected chi connectivity index (χ2v) is 8.25. The first kappa shape index (κ1) is 19.5. The van der Waals surface area contributed by atoms with Crippen LogP contribution in [-0.2, 0) is 24.4 Å². The molecule has 0 atom stereocenters. The van der Waals surface area contributed by atoms with Crippen molar-refractivity contribution in [2.24, 2.45) is 0 Å². The lowest BCUT2D eigenvalue weighted by Crippen LogP contribution is -2.14. The molecule has 2 aromatic carbocycles. The van der Waals surface area contributed by atoms with Crippen molar-refractivity contribution in [3.63, 3.8) is 0 Å². The minimum absolute atomic E-state index is 0.423. The Labute approximate surface area is 181 Å². The fourth-order valence-electron chi connectivity index (χ4n) is 4.04. The first-order chi connectivity index (χ1) is 15.1. The molecule has 7 nitrogen and oxygen atoms in total. The SMILES string of the molecule is COCc1cc(Nc2ccc3c(c2)CN(c2ccc(C(C)C)cc2)C3)n2ncnc2n1. The van der Waals surface area contributed by atoms with Crippen LogP contribution in [0.2, 0.25) is 0 Å². The van der Waals surface area contributed by atoms with Crippen molar-refractivity contribution in [1.29, 1.82) is 0 Å². The van der Waals surface area contributed by atoms with Gasteiger partial charge in [0.1, 0.15) is 12.1 Å². The molecule has 0 bridgehead atoms. The molecule has 1 N–H and O–H groups in total. The van der Waals surface area contributed by atoms with Crippen LogP contribution in [0, 0.1) is 0 Å². The Balaban J connectivity index is 1.38. The maximum Gasteiger partial charge on any atom is 0.254 e. The first-order valence-corrected chi connectivity index (χ1v) is 10.5. The highest BCUT2D eigenvalue weighted by Crippen LogP contribution is 2.31. The first-order valence-electron chi connectivity index (χ1n) is 10.5. The van der Waals surface area contributed by atoms with Crippen molar-refractivity contribution in [2.75, 3.05) is 17.3 Å². The summed E-state index contributed by atoms with van der Waals surface area (Å²) in [5.74, 6) is 1.91. The van der Waals surface area contributed by atoms with Crippen LogP contribution in [0.4, 0.5) is 17.2 Å². The van der Waals surface area contributed by atoms with Crippen molar-refractivity contribution in [1.82, 2.24) is 19.6 Å². The molecule has 0 saturated heterocycles. The zero-order valence-corrected chi connectivity index (χ0v) is 18.0. The summed E-state index contributed by atoms with van der Waals surface area (Å²) < 4.78 is 6.94. The van der Waals surface area contributed by atoms with Crippen molar-refractivity contribution in [3.05, 3.63) is 77.2 Å². The molecule has 0 fully saturated rings. The summed E-state index contributed by atoms with van der Waals surface area (Å²) in [5.41, 5.74) is 7.15. The van der Waals surface area contributed by atoms with Gasteiger partial charge >= 0.3 is 0 Å². The van der Waals surface area contributed by atoms with Gasteiger partial charge in [0.2, 0.25) is 0 Å². The topological polar surface area (TPSA) is 67.6 Å². The van der Waals surface area contributed by atoms with Crippen LogP contribution in [0.1, 0.15) is 42.1 Å². The van der Waals surface area contributed by atoms with Crippen LogP contribution < -0.4 is 10.2 Å². The van der Waals surface area contributed by atoms with E-state index in [9.17, 15) is 0 Å². The average molecular weight is 415 g/mol. The summed E-state index contributed by atoms with van der Waals surface area (Å²) in [7, 11) is 1.66. The van der Waals surface area contributed by atoms with Crippen molar-refractivity contribution >= 4 is 23.0 Å². The molecule has 5 rings (SSSR count). The Bertz CT molecular complexity index is 1210. The van der Waals surface area contributed by atoms with E-state index in [4.69, 9.17) is 4.74 Å². The van der Waals surface area contributed by atoms with Crippen LogP contribution in [0.15, 0.2) is 54.9 Å². The highest BCUT2D eigenvalue weighted by molar-refractivity contribution is 5.62. The van der Waals surface area contributed by atoms with Gasteiger partial charge in [0.15, 0.2) is 0 Å². The van der Waals surface area contributed by atoms with Crippen LogP contribution in [0.25, 0.3) is 5.78 Å². The molecule has 31 heavy (non-hydrogen) atoms. The summed E-state index contributed by atoms with van der Waals surface area (Å²) in [6.07, 6.45) is 1.51. The predicted molar refractivity (Wildman–Crippen MR) is 122 cm³/mol. The molecule has 0 radical (unpaired) electrons. The van der Waals surface area contributed by atoms with E-state index in [0.29, 0.717) is 18.3 Å². The summed E-state index contributed by atoms with van der Waals surface area (Å²) in [5, 5.41) is 7.77. The van der Waals surface area contributed by atoms with E-state index in [1.165, 1.54) is 28.7 Å². The van der Waals surface area contributed by atoms with E-state index in [2.05, 4.69) is 81.6 Å². The normalized spacial score (nSPS) is 13.2. The number of aromatic nitrogens is 4. The van der Waals surface area contributed by atoms with Crippen LogP contribution >= 0.6 is 0 Å². The molecule has 0 amide bonds. The van der Waals surface area contributed by atoms with Gasteiger partial charge in [-0.05, 0) is 46.9 Å². The fourth-order valence-corrected chi connectivity index (χ4v) is 4.04. The molecule has 0 aliphatic carbocycles. The van der Waals surface area contributed by atoms with E-state index in [1.807, 2.05) is 6.07 Å². The minimum Gasteiger partial charge on any atom is -0.378 e. The maximum atomic E-state index is 5.24. The monoisotopic (exact) mass is 414 g/mol. The van der Waals surface area contributed by atoms with Crippen LogP contribution in [0.3, 0.4) is 0 Å². The van der Waals surface area contributed by atoms with Gasteiger partial charge in [0, 0.05) is 37.6 Å². The zero-order chi connectivity index (χ0) is 21.4. The molecule has 1 aliphatic heterocycles. The number of hydrogen-bond acceptors (Lipinski definition) is 6. The molecule has 7 heteroatoms. The van der Waals surface area contributed by atoms with Crippen molar-refractivity contribution < 1.29 is 4.74 Å². The lowest BCUT2D eigenvalue weighted by Gasteiger charge is -2.18. The summed E-state index contributed by atoms with van der Waals surface area (Å²) in [6, 6.07) is 17.4. The average Bonchev–Trinajstić information content (AvgIpc) is 3.41. The van der Waals surface area contributed by atoms with Gasteiger partial charge in [-0.3, -0.25) is 0 Å². The maximum absolute atomic E-state index is 5.24. The van der Waals surface area contributed by atoms with Crippen LogP contribution in [0.5, 0.6) is 0 Å². The van der Waals surface area contributed by atoms with Gasteiger partial charge < -0.3 is 15.0 Å². The standard InChI is InChI=1S/C24H26N6O/c1-16(2)17-5-8-22(9-6-17)29-12-18-4-7-20(10-19(18)13-29)27-23-11-21(14-31-3)28-24-25-15-26-30(23)24/h4-11,15-16,27H,12-14H2,1-3H3. The van der Waals surface area contributed by atoms with E-state index in [0.717, 1.165) is 30.3 Å². The van der Waals surface area contributed by atoms with Gasteiger partial charge in [-0.15, -0.1) is 0 Å². The third-order valence-corrected chi connectivity index (χ3v) is 5.72. The molecule has 0 saturated carbocycles. The predicted octanol–water partition coefficient (Wildman–Crippen LogP) is 4.66. The number of benzene rings is 2. The number of anilines is 3. The van der Waals surface area contributed by atoms with Gasteiger partial charge in [0.25, 0.3) is 5.78 Å². The number of methoxy groups -OCH3 is 1. The summed E-state index contributed by atoms with van der Waals surface area (Å²) >= 11 is 0. The quantitative estimate of drug-likeness (QED) is 0.495. The highest BCUT2D eigenvalue weighted by atomic mass is 16.5. The third kappa shape index (κ3) is 3.84. The lowest BCUT2D eigenvalue weighted by molar-refractivity contribution is 0.181. The zero-order valence-electron chi connectivity index (χ0n) is 18.0. The van der Waals surface area contributed by atoms with Crippen molar-refractivity contribution in [2.45, 2.75) is 39.5 Å². The lowest BCUT2D eigenvalue weighted by atomic mass is 10.0. The summed E-state index contributed by atoms with van der Waals surface area (Å²) in [6.45, 7) is 6.70. The number of nitrogens with one attached hydrogen (secondary N) is 1. The number of nitrogens with zero attached hydrogens (tertiary/aromatic N) is 5. The Kier molecular flexibility index (Phi) is 5.03. The molecule has 4 aromatic rings. The van der Waals surface area contributed by atoms with Gasteiger partial charge in [-0.1, -0.05) is 32.0 Å². The molecule has 1 aliphatic rings. The number of fused-ring (bicyclic) bond motifs is 2. The van der Waals surface area contributed by atoms with E-state index in [-0.39, 0.29) is 0 Å². The highest BCUT2D eigenvalue weighted by Gasteiger charge is 2.20. The second-order valence-electron chi connectivity index (χ2n) is 8.25. The Hall–Kier alpha value is -3.45. The smallest absolute Gasteiger partial charge is 0.254 e. The molecular weight excluding hydrogens is 388 g/mol. The Morgan fingerprint density at radius 3 is 2.61 bits per heavy atom. The molecule has 2 aromatic heterocycles. The van der Waals surface area contributed by atoms with Gasteiger partial charge in [-0.2, -0.15) is 14.6 Å². The Morgan fingerprint density at radius 2 is 1.84 bits per heavy atom. The fraction of sp³-hybridized carbons (Fsp3) is 0.292. The van der Waals surface area contributed by atoms with Gasteiger partial charge in [-0.25, -0.2) is 4.98 Å². The van der Waals surface area contributed by atoms with Crippen molar-refractivity contribution in [3.8, 4) is 0 Å². The second kappa shape index (κ2) is 8.00. The molecule has 0 spiro atoms. The number of rotatable bonds is 6. The molecule has 3 heterocycles. The Morgan fingerprint density at radius 1 is 1.03 bits per heavy atom. The van der Waals surface area contributed by atoms with Crippen LogP contribution in [-0.4, -0.2) is 26.7 Å². The van der Waals surface area contributed by atoms with E-state index in [1.54, 1.807) is 11.6 Å². The van der Waals surface area contributed by atoms with Gasteiger partial charge in [0.05, 0.1) is 12.3 Å². The molecule has 158 valence electrons. The van der Waals surface area contributed by atoms with E-state index >= 15 is 0 Å². The summed E-state index contributed by atoms with van der Waals surface area (Å²) in [4.78, 5) is 11.1. The molecule has 0 unspecified atom stereocenters. The minimum atomic E-state index is 0.423. The number of hydrogen-bond donors (Lipinski definition) is 1. The molecular formula is C24H26N6O. The third-order valence-electron chi connectivity index (χ3n) is 5.72. The number of ether oxygens (including phenoxy) is 1. The van der Waals surface area contributed by atoms with E-state index < -0.39 is 0 Å². The largest absolute Gasteiger partial charge is 0.378 e.